The molecule has 142 valence electrons. The minimum atomic E-state index is -1.53. The number of rotatable bonds is 6. The van der Waals surface area contributed by atoms with E-state index in [2.05, 4.69) is 0 Å². The molecule has 1 atom stereocenters. The van der Waals surface area contributed by atoms with E-state index in [0.717, 1.165) is 25.0 Å². The van der Waals surface area contributed by atoms with Crippen molar-refractivity contribution in [1.82, 2.24) is 4.90 Å². The maximum Gasteiger partial charge on any atom is 0.308 e. The van der Waals surface area contributed by atoms with Gasteiger partial charge in [-0.05, 0) is 48.2 Å². The zero-order valence-corrected chi connectivity index (χ0v) is 14.6. The van der Waals surface area contributed by atoms with Crippen LogP contribution in [0, 0.1) is 23.4 Å². The summed E-state index contributed by atoms with van der Waals surface area (Å²) in [4.78, 5) is 25.4. The topological polar surface area (TPSA) is 57.6 Å². The number of carboxylic acid groups (broad SMARTS) is 1. The number of benzene rings is 2. The van der Waals surface area contributed by atoms with Crippen LogP contribution in [0.25, 0.3) is 11.1 Å². The first-order valence-electron chi connectivity index (χ1n) is 8.56. The molecule has 1 aliphatic carbocycles. The number of nitrogens with zero attached hydrogens (tertiary/aromatic N) is 1. The lowest BCUT2D eigenvalue weighted by atomic mass is 10.0. The van der Waals surface area contributed by atoms with Crippen LogP contribution in [0.15, 0.2) is 36.4 Å². The van der Waals surface area contributed by atoms with Crippen LogP contribution >= 0.6 is 0 Å². The van der Waals surface area contributed by atoms with Gasteiger partial charge in [0.1, 0.15) is 0 Å². The van der Waals surface area contributed by atoms with Gasteiger partial charge in [-0.25, -0.2) is 13.2 Å². The molecule has 27 heavy (non-hydrogen) atoms. The van der Waals surface area contributed by atoms with Crippen LogP contribution in [-0.4, -0.2) is 34.5 Å². The zero-order chi connectivity index (χ0) is 19.7. The second-order valence-corrected chi connectivity index (χ2v) is 6.76. The van der Waals surface area contributed by atoms with Crippen molar-refractivity contribution in [1.29, 1.82) is 0 Å². The predicted molar refractivity (Wildman–Crippen MR) is 92.6 cm³/mol. The number of halogens is 3. The number of carbonyl (C=O) groups excluding carboxylic acids is 1. The minimum Gasteiger partial charge on any atom is -0.481 e. The van der Waals surface area contributed by atoms with E-state index in [1.54, 1.807) is 11.8 Å². The van der Waals surface area contributed by atoms with Crippen molar-refractivity contribution in [2.24, 2.45) is 5.92 Å². The SMILES string of the molecule is CC(CN(C(=O)c1ccc(-c2cc(F)c(F)c(F)c2)cc1)C1CC1)C(=O)O. The third-order valence-electron chi connectivity index (χ3n) is 4.59. The van der Waals surface area contributed by atoms with E-state index >= 15 is 0 Å². The van der Waals surface area contributed by atoms with Crippen LogP contribution < -0.4 is 0 Å². The van der Waals surface area contributed by atoms with Gasteiger partial charge in [-0.3, -0.25) is 9.59 Å². The van der Waals surface area contributed by atoms with Crippen LogP contribution in [0.3, 0.4) is 0 Å². The fraction of sp³-hybridized carbons (Fsp3) is 0.300. The van der Waals surface area contributed by atoms with Crippen molar-refractivity contribution in [2.45, 2.75) is 25.8 Å². The number of hydrogen-bond donors (Lipinski definition) is 1. The molecule has 0 radical (unpaired) electrons. The van der Waals surface area contributed by atoms with Crippen molar-refractivity contribution < 1.29 is 27.9 Å². The van der Waals surface area contributed by atoms with Crippen molar-refractivity contribution in [3.05, 3.63) is 59.4 Å². The second-order valence-electron chi connectivity index (χ2n) is 6.76. The highest BCUT2D eigenvalue weighted by Crippen LogP contribution is 2.30. The van der Waals surface area contributed by atoms with E-state index in [1.807, 2.05) is 0 Å². The first-order valence-corrected chi connectivity index (χ1v) is 8.56. The Morgan fingerprint density at radius 2 is 1.63 bits per heavy atom. The van der Waals surface area contributed by atoms with Gasteiger partial charge in [0.15, 0.2) is 17.5 Å². The van der Waals surface area contributed by atoms with Crippen molar-refractivity contribution in [3.63, 3.8) is 0 Å². The smallest absolute Gasteiger partial charge is 0.308 e. The molecule has 0 heterocycles. The van der Waals surface area contributed by atoms with Crippen molar-refractivity contribution >= 4 is 11.9 Å². The summed E-state index contributed by atoms with van der Waals surface area (Å²) in [6.07, 6.45) is 1.68. The number of amides is 1. The molecule has 0 saturated heterocycles. The van der Waals surface area contributed by atoms with Crippen molar-refractivity contribution in [3.8, 4) is 11.1 Å². The third-order valence-corrected chi connectivity index (χ3v) is 4.59. The van der Waals surface area contributed by atoms with Gasteiger partial charge in [0, 0.05) is 18.2 Å². The first-order chi connectivity index (χ1) is 12.8. The first kappa shape index (κ1) is 18.9. The minimum absolute atomic E-state index is 0.0410. The molecule has 1 amide bonds. The van der Waals surface area contributed by atoms with Crippen LogP contribution in [0.4, 0.5) is 13.2 Å². The van der Waals surface area contributed by atoms with Gasteiger partial charge in [0.25, 0.3) is 5.91 Å². The lowest BCUT2D eigenvalue weighted by Crippen LogP contribution is -2.38. The third kappa shape index (κ3) is 4.13. The number of aliphatic carboxylic acids is 1. The molecule has 1 unspecified atom stereocenters. The highest BCUT2D eigenvalue weighted by atomic mass is 19.2. The number of hydrogen-bond acceptors (Lipinski definition) is 2. The Morgan fingerprint density at radius 3 is 2.11 bits per heavy atom. The molecule has 2 aromatic rings. The van der Waals surface area contributed by atoms with Crippen LogP contribution in [0.1, 0.15) is 30.1 Å². The normalized spacial score (nSPS) is 14.7. The van der Waals surface area contributed by atoms with Gasteiger partial charge >= 0.3 is 5.97 Å². The molecule has 4 nitrogen and oxygen atoms in total. The quantitative estimate of drug-likeness (QED) is 0.772. The van der Waals surface area contributed by atoms with Crippen LogP contribution in [-0.2, 0) is 4.79 Å². The van der Waals surface area contributed by atoms with Gasteiger partial charge in [-0.2, -0.15) is 0 Å². The largest absolute Gasteiger partial charge is 0.481 e. The van der Waals surface area contributed by atoms with E-state index in [1.165, 1.54) is 24.3 Å². The van der Waals surface area contributed by atoms with E-state index in [4.69, 9.17) is 5.11 Å². The Labute approximate surface area is 154 Å². The molecule has 0 spiro atoms. The summed E-state index contributed by atoms with van der Waals surface area (Å²) in [6.45, 7) is 1.67. The Bertz CT molecular complexity index is 856. The van der Waals surface area contributed by atoms with Gasteiger partial charge in [-0.1, -0.05) is 19.1 Å². The predicted octanol–water partition coefficient (Wildman–Crippen LogP) is 4.10. The molecular formula is C20H18F3NO3. The number of carboxylic acids is 1. The molecular weight excluding hydrogens is 359 g/mol. The molecule has 1 aliphatic rings. The van der Waals surface area contributed by atoms with E-state index < -0.39 is 29.3 Å². The summed E-state index contributed by atoms with van der Waals surface area (Å²) >= 11 is 0. The van der Waals surface area contributed by atoms with Gasteiger partial charge in [0.05, 0.1) is 5.92 Å². The summed E-state index contributed by atoms with van der Waals surface area (Å²) in [5.74, 6) is -6.03. The van der Waals surface area contributed by atoms with E-state index in [0.29, 0.717) is 11.1 Å². The molecule has 1 fully saturated rings. The maximum absolute atomic E-state index is 13.4. The number of carbonyl (C=O) groups is 2. The summed E-state index contributed by atoms with van der Waals surface area (Å²) in [7, 11) is 0. The maximum atomic E-state index is 13.4. The van der Waals surface area contributed by atoms with E-state index in [9.17, 15) is 22.8 Å². The average molecular weight is 377 g/mol. The van der Waals surface area contributed by atoms with Gasteiger partial charge in [0.2, 0.25) is 0 Å². The molecule has 1 N–H and O–H groups in total. The van der Waals surface area contributed by atoms with Gasteiger partial charge in [-0.15, -0.1) is 0 Å². The Hall–Kier alpha value is -2.83. The molecule has 7 heteroatoms. The lowest BCUT2D eigenvalue weighted by molar-refractivity contribution is -0.141. The van der Waals surface area contributed by atoms with Crippen molar-refractivity contribution in [2.75, 3.05) is 6.54 Å². The molecule has 3 rings (SSSR count). The van der Waals surface area contributed by atoms with Gasteiger partial charge < -0.3 is 10.0 Å². The second kappa shape index (κ2) is 7.42. The lowest BCUT2D eigenvalue weighted by Gasteiger charge is -2.24. The molecule has 0 bridgehead atoms. The highest BCUT2D eigenvalue weighted by Gasteiger charge is 2.34. The molecule has 2 aromatic carbocycles. The molecule has 0 aliphatic heterocycles. The summed E-state index contributed by atoms with van der Waals surface area (Å²) in [5.41, 5.74) is 0.941. The Morgan fingerprint density at radius 1 is 1.07 bits per heavy atom. The fourth-order valence-electron chi connectivity index (χ4n) is 2.85. The van der Waals surface area contributed by atoms with Crippen LogP contribution in [0.5, 0.6) is 0 Å². The Balaban J connectivity index is 1.81. The fourth-order valence-corrected chi connectivity index (χ4v) is 2.85. The summed E-state index contributed by atoms with van der Waals surface area (Å²) < 4.78 is 39.9. The monoisotopic (exact) mass is 377 g/mol. The Kier molecular flexibility index (Phi) is 5.21. The summed E-state index contributed by atoms with van der Waals surface area (Å²) in [6, 6.07) is 7.88. The molecule has 0 aromatic heterocycles. The van der Waals surface area contributed by atoms with E-state index in [-0.39, 0.29) is 24.1 Å². The average Bonchev–Trinajstić information content (AvgIpc) is 3.48. The zero-order valence-electron chi connectivity index (χ0n) is 14.6. The molecule has 1 saturated carbocycles. The summed E-state index contributed by atoms with van der Waals surface area (Å²) in [5, 5.41) is 9.09. The standard InChI is InChI=1S/C20H18F3NO3/c1-11(20(26)27)10-24(15-6-7-15)19(25)13-4-2-12(3-5-13)14-8-16(21)18(23)17(22)9-14/h2-5,8-9,11,15H,6-7,10H2,1H3,(H,26,27). The van der Waals surface area contributed by atoms with Crippen LogP contribution in [0.2, 0.25) is 0 Å². The highest BCUT2D eigenvalue weighted by molar-refractivity contribution is 5.95.